The Labute approximate surface area is 113 Å². The summed E-state index contributed by atoms with van der Waals surface area (Å²) in [6.07, 6.45) is 2.01. The lowest BCUT2D eigenvalue weighted by Gasteiger charge is -2.31. The van der Waals surface area contributed by atoms with E-state index in [2.05, 4.69) is 10.5 Å². The first-order valence-corrected chi connectivity index (χ1v) is 6.63. The summed E-state index contributed by atoms with van der Waals surface area (Å²) in [6, 6.07) is 1.79. The minimum atomic E-state index is -0.0371. The molecule has 2 rings (SSSR count). The zero-order chi connectivity index (χ0) is 13.7. The lowest BCUT2D eigenvalue weighted by molar-refractivity contribution is 0.107. The number of ether oxygens (including phenoxy) is 1. The molecular weight excluding hydrogens is 246 g/mol. The van der Waals surface area contributed by atoms with E-state index in [1.807, 2.05) is 17.9 Å². The third-order valence-corrected chi connectivity index (χ3v) is 3.39. The molecule has 0 spiro atoms. The molecule has 6 heteroatoms. The molecule has 0 radical (unpaired) electrons. The average molecular weight is 267 g/mol. The van der Waals surface area contributed by atoms with Gasteiger partial charge < -0.3 is 19.5 Å². The molecule has 1 N–H and O–H groups in total. The Hall–Kier alpha value is -1.56. The van der Waals surface area contributed by atoms with Crippen molar-refractivity contribution in [3.8, 4) is 0 Å². The second-order valence-corrected chi connectivity index (χ2v) is 4.98. The van der Waals surface area contributed by atoms with E-state index in [9.17, 15) is 4.79 Å². The van der Waals surface area contributed by atoms with Gasteiger partial charge in [-0.1, -0.05) is 5.16 Å². The molecule has 1 saturated heterocycles. The molecule has 0 atom stereocenters. The van der Waals surface area contributed by atoms with Crippen LogP contribution in [0.1, 0.15) is 24.3 Å². The molecule has 0 saturated carbocycles. The molecule has 0 bridgehead atoms. The highest BCUT2D eigenvalue weighted by Crippen LogP contribution is 2.17. The van der Waals surface area contributed by atoms with Crippen LogP contribution in [-0.4, -0.2) is 42.9 Å². The van der Waals surface area contributed by atoms with Crippen molar-refractivity contribution >= 4 is 6.03 Å². The molecule has 106 valence electrons. The summed E-state index contributed by atoms with van der Waals surface area (Å²) in [5, 5.41) is 6.63. The number of likely N-dealkylation sites (tertiary alicyclic amines) is 1. The first kappa shape index (κ1) is 13.9. The van der Waals surface area contributed by atoms with E-state index in [4.69, 9.17) is 9.26 Å². The van der Waals surface area contributed by atoms with Crippen LogP contribution in [0.2, 0.25) is 0 Å². The molecule has 6 nitrogen and oxygen atoms in total. The largest absolute Gasteiger partial charge is 0.384 e. The fraction of sp³-hybridized carbons (Fsp3) is 0.692. The molecule has 0 aliphatic carbocycles. The van der Waals surface area contributed by atoms with Crippen molar-refractivity contribution in [3.05, 3.63) is 17.5 Å². The molecule has 1 aliphatic heterocycles. The topological polar surface area (TPSA) is 67.6 Å². The van der Waals surface area contributed by atoms with Gasteiger partial charge in [0.05, 0.1) is 12.2 Å². The molecular formula is C13H21N3O3. The number of piperidine rings is 1. The second kappa shape index (κ2) is 6.56. The molecule has 1 aromatic heterocycles. The quantitative estimate of drug-likeness (QED) is 0.898. The molecule has 19 heavy (non-hydrogen) atoms. The van der Waals surface area contributed by atoms with Crippen LogP contribution in [0.3, 0.4) is 0 Å². The lowest BCUT2D eigenvalue weighted by atomic mass is 9.98. The van der Waals surface area contributed by atoms with Gasteiger partial charge in [0, 0.05) is 32.9 Å². The number of aryl methyl sites for hydroxylation is 1. The Morgan fingerprint density at radius 3 is 2.89 bits per heavy atom. The number of carbonyl (C=O) groups is 1. The lowest BCUT2D eigenvalue weighted by Crippen LogP contribution is -2.44. The Kier molecular flexibility index (Phi) is 4.79. The Morgan fingerprint density at radius 2 is 2.32 bits per heavy atom. The minimum absolute atomic E-state index is 0.0371. The zero-order valence-electron chi connectivity index (χ0n) is 11.5. The van der Waals surface area contributed by atoms with Gasteiger partial charge in [-0.15, -0.1) is 0 Å². The molecule has 0 unspecified atom stereocenters. The van der Waals surface area contributed by atoms with Crippen molar-refractivity contribution < 1.29 is 14.1 Å². The van der Waals surface area contributed by atoms with Crippen molar-refractivity contribution in [2.75, 3.05) is 26.8 Å². The number of hydrogen-bond donors (Lipinski definition) is 1. The number of methoxy groups -OCH3 is 1. The maximum absolute atomic E-state index is 12.0. The van der Waals surface area contributed by atoms with E-state index in [1.54, 1.807) is 7.11 Å². The number of aromatic nitrogens is 1. The first-order valence-electron chi connectivity index (χ1n) is 6.63. The normalized spacial score (nSPS) is 16.6. The van der Waals surface area contributed by atoms with Crippen molar-refractivity contribution in [3.63, 3.8) is 0 Å². The van der Waals surface area contributed by atoms with Crippen molar-refractivity contribution in [2.45, 2.75) is 26.3 Å². The molecule has 1 fully saturated rings. The zero-order valence-corrected chi connectivity index (χ0v) is 11.5. The van der Waals surface area contributed by atoms with Gasteiger partial charge >= 0.3 is 6.03 Å². The SMILES string of the molecule is COCC1CCN(C(=O)NCc2cc(C)no2)CC1. The van der Waals surface area contributed by atoms with E-state index >= 15 is 0 Å². The van der Waals surface area contributed by atoms with E-state index in [1.165, 1.54) is 0 Å². The van der Waals surface area contributed by atoms with Gasteiger partial charge in [0.1, 0.15) is 0 Å². The van der Waals surface area contributed by atoms with Crippen LogP contribution in [0.25, 0.3) is 0 Å². The van der Waals surface area contributed by atoms with E-state index in [0.717, 1.165) is 38.2 Å². The van der Waals surface area contributed by atoms with Crippen LogP contribution in [0.15, 0.2) is 10.6 Å². The van der Waals surface area contributed by atoms with Crippen LogP contribution in [0.4, 0.5) is 4.79 Å². The number of rotatable bonds is 4. The highest BCUT2D eigenvalue weighted by Gasteiger charge is 2.22. The Morgan fingerprint density at radius 1 is 1.58 bits per heavy atom. The van der Waals surface area contributed by atoms with Gasteiger partial charge in [-0.05, 0) is 25.7 Å². The molecule has 0 aromatic carbocycles. The van der Waals surface area contributed by atoms with Crippen molar-refractivity contribution in [1.82, 2.24) is 15.4 Å². The predicted molar refractivity (Wildman–Crippen MR) is 69.6 cm³/mol. The molecule has 2 heterocycles. The summed E-state index contributed by atoms with van der Waals surface area (Å²) in [7, 11) is 1.72. The fourth-order valence-electron chi connectivity index (χ4n) is 2.31. The molecule has 1 aromatic rings. The summed E-state index contributed by atoms with van der Waals surface area (Å²) >= 11 is 0. The number of nitrogens with one attached hydrogen (secondary N) is 1. The number of nitrogens with zero attached hydrogens (tertiary/aromatic N) is 2. The van der Waals surface area contributed by atoms with Gasteiger partial charge in [-0.3, -0.25) is 0 Å². The maximum atomic E-state index is 12.0. The molecule has 2 amide bonds. The Bertz CT molecular complexity index is 411. The van der Waals surface area contributed by atoms with Crippen LogP contribution < -0.4 is 5.32 Å². The fourth-order valence-corrected chi connectivity index (χ4v) is 2.31. The van der Waals surface area contributed by atoms with Crippen molar-refractivity contribution in [1.29, 1.82) is 0 Å². The third kappa shape index (κ3) is 3.96. The highest BCUT2D eigenvalue weighted by molar-refractivity contribution is 5.74. The standard InChI is InChI=1S/C13H21N3O3/c1-10-7-12(19-15-10)8-14-13(17)16-5-3-11(4-6-16)9-18-2/h7,11H,3-6,8-9H2,1-2H3,(H,14,17). The summed E-state index contributed by atoms with van der Waals surface area (Å²) in [6.45, 7) is 4.60. The highest BCUT2D eigenvalue weighted by atomic mass is 16.5. The molecule has 1 aliphatic rings. The summed E-state index contributed by atoms with van der Waals surface area (Å²) in [5.74, 6) is 1.26. The van der Waals surface area contributed by atoms with E-state index < -0.39 is 0 Å². The van der Waals surface area contributed by atoms with Gasteiger partial charge in [0.2, 0.25) is 0 Å². The van der Waals surface area contributed by atoms with Crippen LogP contribution >= 0.6 is 0 Å². The second-order valence-electron chi connectivity index (χ2n) is 4.98. The average Bonchev–Trinajstić information content (AvgIpc) is 2.83. The first-order chi connectivity index (χ1) is 9.19. The van der Waals surface area contributed by atoms with Gasteiger partial charge in [0.25, 0.3) is 0 Å². The minimum Gasteiger partial charge on any atom is -0.384 e. The number of amides is 2. The van der Waals surface area contributed by atoms with Gasteiger partial charge in [-0.2, -0.15) is 0 Å². The smallest absolute Gasteiger partial charge is 0.317 e. The monoisotopic (exact) mass is 267 g/mol. The predicted octanol–water partition coefficient (Wildman–Crippen LogP) is 1.55. The number of hydrogen-bond acceptors (Lipinski definition) is 4. The maximum Gasteiger partial charge on any atom is 0.317 e. The van der Waals surface area contributed by atoms with E-state index in [-0.39, 0.29) is 6.03 Å². The third-order valence-electron chi connectivity index (χ3n) is 3.39. The summed E-state index contributed by atoms with van der Waals surface area (Å²) in [5.41, 5.74) is 0.824. The van der Waals surface area contributed by atoms with Crippen LogP contribution in [0.5, 0.6) is 0 Å². The van der Waals surface area contributed by atoms with Gasteiger partial charge in [-0.25, -0.2) is 4.79 Å². The number of carbonyl (C=O) groups excluding carboxylic acids is 1. The summed E-state index contributed by atoms with van der Waals surface area (Å²) in [4.78, 5) is 13.8. The Balaban J connectivity index is 1.72. The van der Waals surface area contributed by atoms with Gasteiger partial charge in [0.15, 0.2) is 5.76 Å². The van der Waals surface area contributed by atoms with Crippen LogP contribution in [-0.2, 0) is 11.3 Å². The van der Waals surface area contributed by atoms with Crippen LogP contribution in [0, 0.1) is 12.8 Å². The summed E-state index contributed by atoms with van der Waals surface area (Å²) < 4.78 is 10.2. The number of urea groups is 1. The van der Waals surface area contributed by atoms with Crippen molar-refractivity contribution in [2.24, 2.45) is 5.92 Å². The van der Waals surface area contributed by atoms with E-state index in [0.29, 0.717) is 18.2 Å².